The van der Waals surface area contributed by atoms with Gasteiger partial charge in [-0.25, -0.2) is 0 Å². The summed E-state index contributed by atoms with van der Waals surface area (Å²) in [6.45, 7) is 1.74. The summed E-state index contributed by atoms with van der Waals surface area (Å²) >= 11 is 0. The number of amides is 1. The van der Waals surface area contributed by atoms with Gasteiger partial charge in [0.15, 0.2) is 0 Å². The minimum Gasteiger partial charge on any atom is -0.496 e. The average Bonchev–Trinajstić information content (AvgIpc) is 2.52. The van der Waals surface area contributed by atoms with E-state index >= 15 is 0 Å². The number of fused-ring (bicyclic) bond motifs is 1. The zero-order chi connectivity index (χ0) is 16.3. The van der Waals surface area contributed by atoms with Crippen molar-refractivity contribution < 1.29 is 19.4 Å². The fourth-order valence-electron chi connectivity index (χ4n) is 2.41. The lowest BCUT2D eigenvalue weighted by atomic mass is 10.0. The minimum absolute atomic E-state index is 0.161. The molecular formula is C17H19NO4. The fourth-order valence-corrected chi connectivity index (χ4v) is 2.41. The molecule has 0 aliphatic rings. The molecule has 0 bridgehead atoms. The summed E-state index contributed by atoms with van der Waals surface area (Å²) in [6, 6.07) is 11.0. The highest BCUT2D eigenvalue weighted by atomic mass is 16.5. The number of carbonyl (C=O) groups excluding carboxylic acids is 1. The predicted octanol–water partition coefficient (Wildman–Crippen LogP) is 2.64. The molecular weight excluding hydrogens is 282 g/mol. The maximum absolute atomic E-state index is 12.6. The van der Waals surface area contributed by atoms with E-state index in [9.17, 15) is 9.59 Å². The predicted molar refractivity (Wildman–Crippen MR) is 84.3 cm³/mol. The molecule has 116 valence electrons. The van der Waals surface area contributed by atoms with Crippen LogP contribution >= 0.6 is 0 Å². The highest BCUT2D eigenvalue weighted by Crippen LogP contribution is 2.29. The number of hydrogen-bond donors (Lipinski definition) is 1. The van der Waals surface area contributed by atoms with Crippen molar-refractivity contribution in [1.29, 1.82) is 0 Å². The molecule has 1 amide bonds. The Bertz CT molecular complexity index is 711. The van der Waals surface area contributed by atoms with Gasteiger partial charge in [0.2, 0.25) is 0 Å². The van der Waals surface area contributed by atoms with Crippen LogP contribution in [0.1, 0.15) is 17.3 Å². The number of hydrogen-bond acceptors (Lipinski definition) is 3. The molecule has 1 N–H and O–H groups in total. The molecule has 5 nitrogen and oxygen atoms in total. The Morgan fingerprint density at radius 2 is 1.82 bits per heavy atom. The topological polar surface area (TPSA) is 66.8 Å². The first-order valence-electron chi connectivity index (χ1n) is 6.99. The first-order chi connectivity index (χ1) is 10.5. The molecule has 0 spiro atoms. The number of methoxy groups -OCH3 is 1. The van der Waals surface area contributed by atoms with Gasteiger partial charge in [0.1, 0.15) is 5.75 Å². The maximum atomic E-state index is 12.6. The molecule has 0 aliphatic heterocycles. The van der Waals surface area contributed by atoms with E-state index in [0.29, 0.717) is 11.3 Å². The SMILES string of the molecule is COc1ccc(C(=O)N(C)CC(C)C(=O)O)c2ccccc12. The first-order valence-corrected chi connectivity index (χ1v) is 6.99. The molecule has 0 heterocycles. The monoisotopic (exact) mass is 301 g/mol. The number of carbonyl (C=O) groups is 2. The number of carboxylic acid groups (broad SMARTS) is 1. The molecule has 0 radical (unpaired) electrons. The van der Waals surface area contributed by atoms with Gasteiger partial charge in [0.25, 0.3) is 5.91 Å². The second-order valence-corrected chi connectivity index (χ2v) is 5.29. The van der Waals surface area contributed by atoms with Gasteiger partial charge in [-0.2, -0.15) is 0 Å². The van der Waals surface area contributed by atoms with E-state index in [1.165, 1.54) is 4.90 Å². The Hall–Kier alpha value is -2.56. The summed E-state index contributed by atoms with van der Waals surface area (Å²) in [4.78, 5) is 25.0. The van der Waals surface area contributed by atoms with Crippen LogP contribution in [0.25, 0.3) is 10.8 Å². The summed E-state index contributed by atoms with van der Waals surface area (Å²) < 4.78 is 5.32. The number of benzene rings is 2. The second kappa shape index (κ2) is 6.47. The van der Waals surface area contributed by atoms with E-state index in [2.05, 4.69) is 0 Å². The van der Waals surface area contributed by atoms with E-state index in [1.54, 1.807) is 33.2 Å². The summed E-state index contributed by atoms with van der Waals surface area (Å²) in [7, 11) is 3.20. The van der Waals surface area contributed by atoms with E-state index in [0.717, 1.165) is 10.8 Å². The molecule has 0 fully saturated rings. The van der Waals surface area contributed by atoms with Crippen LogP contribution in [0.3, 0.4) is 0 Å². The molecule has 0 saturated heterocycles. The number of aliphatic carboxylic acids is 1. The highest BCUT2D eigenvalue weighted by Gasteiger charge is 2.20. The van der Waals surface area contributed by atoms with Crippen molar-refractivity contribution in [2.45, 2.75) is 6.92 Å². The first kappa shape index (κ1) is 15.8. The standard InChI is InChI=1S/C17H19NO4/c1-11(17(20)21)10-18(2)16(19)14-8-9-15(22-3)13-7-5-4-6-12(13)14/h4-9,11H,10H2,1-3H3,(H,20,21). The summed E-state index contributed by atoms with van der Waals surface area (Å²) in [5.74, 6) is -1.03. The molecule has 2 aromatic rings. The van der Waals surface area contributed by atoms with Gasteiger partial charge in [-0.15, -0.1) is 0 Å². The van der Waals surface area contributed by atoms with Gasteiger partial charge in [0.05, 0.1) is 13.0 Å². The minimum atomic E-state index is -0.917. The van der Waals surface area contributed by atoms with Crippen LogP contribution in [0, 0.1) is 5.92 Å². The smallest absolute Gasteiger partial charge is 0.308 e. The highest BCUT2D eigenvalue weighted by molar-refractivity contribution is 6.08. The van der Waals surface area contributed by atoms with Crippen LogP contribution in [0.2, 0.25) is 0 Å². The molecule has 1 atom stereocenters. The van der Waals surface area contributed by atoms with E-state index < -0.39 is 11.9 Å². The van der Waals surface area contributed by atoms with Gasteiger partial charge in [-0.1, -0.05) is 31.2 Å². The summed E-state index contributed by atoms with van der Waals surface area (Å²) in [6.07, 6.45) is 0. The summed E-state index contributed by atoms with van der Waals surface area (Å²) in [5.41, 5.74) is 0.538. The third-order valence-electron chi connectivity index (χ3n) is 3.65. The molecule has 22 heavy (non-hydrogen) atoms. The van der Waals surface area contributed by atoms with Crippen LogP contribution in [0.5, 0.6) is 5.75 Å². The lowest BCUT2D eigenvalue weighted by Crippen LogP contribution is -2.33. The molecule has 2 aromatic carbocycles. The van der Waals surface area contributed by atoms with Gasteiger partial charge in [-0.05, 0) is 17.5 Å². The average molecular weight is 301 g/mol. The zero-order valence-electron chi connectivity index (χ0n) is 12.9. The second-order valence-electron chi connectivity index (χ2n) is 5.29. The van der Waals surface area contributed by atoms with Crippen LogP contribution in [0.15, 0.2) is 36.4 Å². The van der Waals surface area contributed by atoms with Crippen molar-refractivity contribution in [3.63, 3.8) is 0 Å². The van der Waals surface area contributed by atoms with E-state index in [1.807, 2.05) is 24.3 Å². The van der Waals surface area contributed by atoms with Gasteiger partial charge in [0, 0.05) is 24.5 Å². The molecule has 1 unspecified atom stereocenters. The number of nitrogens with zero attached hydrogens (tertiary/aromatic N) is 1. The Balaban J connectivity index is 2.38. The van der Waals surface area contributed by atoms with Gasteiger partial charge < -0.3 is 14.7 Å². The third kappa shape index (κ3) is 3.03. The molecule has 0 aliphatic carbocycles. The van der Waals surface area contributed by atoms with Crippen LogP contribution in [-0.4, -0.2) is 42.6 Å². The Morgan fingerprint density at radius 1 is 1.18 bits per heavy atom. The van der Waals surface area contributed by atoms with E-state index in [-0.39, 0.29) is 12.5 Å². The quantitative estimate of drug-likeness (QED) is 0.922. The third-order valence-corrected chi connectivity index (χ3v) is 3.65. The maximum Gasteiger partial charge on any atom is 0.308 e. The van der Waals surface area contributed by atoms with Gasteiger partial charge >= 0.3 is 5.97 Å². The van der Waals surface area contributed by atoms with Crippen LogP contribution in [0.4, 0.5) is 0 Å². The van der Waals surface area contributed by atoms with Crippen LogP contribution in [-0.2, 0) is 4.79 Å². The van der Waals surface area contributed by atoms with Gasteiger partial charge in [-0.3, -0.25) is 9.59 Å². The van der Waals surface area contributed by atoms with Crippen molar-refractivity contribution in [3.8, 4) is 5.75 Å². The molecule has 0 saturated carbocycles. The Morgan fingerprint density at radius 3 is 2.41 bits per heavy atom. The number of rotatable bonds is 5. The molecule has 5 heteroatoms. The van der Waals surface area contributed by atoms with Crippen molar-refractivity contribution in [2.75, 3.05) is 20.7 Å². The largest absolute Gasteiger partial charge is 0.496 e. The van der Waals surface area contributed by atoms with Crippen molar-refractivity contribution in [2.24, 2.45) is 5.92 Å². The summed E-state index contributed by atoms with van der Waals surface area (Å²) in [5, 5.41) is 10.6. The Labute approximate surface area is 129 Å². The zero-order valence-corrected chi connectivity index (χ0v) is 12.9. The van der Waals surface area contributed by atoms with E-state index in [4.69, 9.17) is 9.84 Å². The normalized spacial score (nSPS) is 12.0. The fraction of sp³-hybridized carbons (Fsp3) is 0.294. The number of carboxylic acids is 1. The lowest BCUT2D eigenvalue weighted by Gasteiger charge is -2.20. The molecule has 0 aromatic heterocycles. The lowest BCUT2D eigenvalue weighted by molar-refractivity contribution is -0.141. The van der Waals surface area contributed by atoms with Crippen molar-refractivity contribution in [1.82, 2.24) is 4.90 Å². The van der Waals surface area contributed by atoms with Crippen LogP contribution < -0.4 is 4.74 Å². The molecule has 2 rings (SSSR count). The van der Waals surface area contributed by atoms with Crippen molar-refractivity contribution >= 4 is 22.6 Å². The number of ether oxygens (including phenoxy) is 1. The van der Waals surface area contributed by atoms with Crippen molar-refractivity contribution in [3.05, 3.63) is 42.0 Å². The Kier molecular flexibility index (Phi) is 4.65.